The van der Waals surface area contributed by atoms with Crippen LogP contribution in [0.5, 0.6) is 5.75 Å². The second kappa shape index (κ2) is 7.77. The number of nitrogens with zero attached hydrogens (tertiary/aromatic N) is 4. The van der Waals surface area contributed by atoms with Crippen LogP contribution in [0.4, 0.5) is 16.6 Å². The van der Waals surface area contributed by atoms with Gasteiger partial charge in [0, 0.05) is 11.1 Å². The van der Waals surface area contributed by atoms with Crippen LogP contribution in [0.1, 0.15) is 5.82 Å². The van der Waals surface area contributed by atoms with Gasteiger partial charge in [0.15, 0.2) is 4.34 Å². The average molecular weight is 397 g/mol. The molecule has 0 bridgehead atoms. The lowest BCUT2D eigenvalue weighted by Crippen LogP contribution is -1.99. The Morgan fingerprint density at radius 3 is 2.70 bits per heavy atom. The molecule has 136 valence electrons. The summed E-state index contributed by atoms with van der Waals surface area (Å²) in [5.74, 6) is 2.56. The fourth-order valence-corrected chi connectivity index (χ4v) is 4.09. The predicted octanol–water partition coefficient (Wildman–Crippen LogP) is 4.11. The van der Waals surface area contributed by atoms with E-state index in [0.29, 0.717) is 17.4 Å². The number of nitrogens with two attached hydrogens (primary N) is 1. The molecule has 4 rings (SSSR count). The van der Waals surface area contributed by atoms with Gasteiger partial charge in [0.1, 0.15) is 17.4 Å². The molecule has 0 amide bonds. The van der Waals surface area contributed by atoms with Crippen molar-refractivity contribution in [2.24, 2.45) is 0 Å². The van der Waals surface area contributed by atoms with Crippen LogP contribution in [0, 0.1) is 0 Å². The van der Waals surface area contributed by atoms with Gasteiger partial charge >= 0.3 is 0 Å². The van der Waals surface area contributed by atoms with E-state index < -0.39 is 0 Å². The highest BCUT2D eigenvalue weighted by Gasteiger charge is 2.09. The van der Waals surface area contributed by atoms with E-state index in [2.05, 4.69) is 25.5 Å². The fraction of sp³-hybridized carbons (Fsp3) is 0.111. The highest BCUT2D eigenvalue weighted by atomic mass is 32.2. The zero-order chi connectivity index (χ0) is 18.6. The van der Waals surface area contributed by atoms with Crippen LogP contribution >= 0.6 is 23.1 Å². The Morgan fingerprint density at radius 1 is 1.07 bits per heavy atom. The Morgan fingerprint density at radius 2 is 1.89 bits per heavy atom. The molecule has 2 aromatic heterocycles. The third-order valence-corrected chi connectivity index (χ3v) is 5.72. The molecule has 0 atom stereocenters. The van der Waals surface area contributed by atoms with E-state index in [1.807, 2.05) is 48.5 Å². The summed E-state index contributed by atoms with van der Waals surface area (Å²) in [6.07, 6.45) is 0. The summed E-state index contributed by atoms with van der Waals surface area (Å²) in [6, 6.07) is 15.4. The summed E-state index contributed by atoms with van der Waals surface area (Å²) in [5, 5.41) is 13.2. The Bertz CT molecular complexity index is 1070. The average Bonchev–Trinajstić information content (AvgIpc) is 3.14. The number of nitrogen functional groups attached to an aromatic ring is 1. The van der Waals surface area contributed by atoms with Crippen LogP contribution in [0.2, 0.25) is 0 Å². The number of rotatable bonds is 6. The van der Waals surface area contributed by atoms with Gasteiger partial charge in [-0.15, -0.1) is 10.2 Å². The Hall–Kier alpha value is -2.91. The maximum absolute atomic E-state index is 6.03. The molecule has 2 heterocycles. The summed E-state index contributed by atoms with van der Waals surface area (Å²) < 4.78 is 5.99. The van der Waals surface area contributed by atoms with E-state index in [1.54, 1.807) is 7.11 Å². The maximum Gasteiger partial charge on any atom is 0.210 e. The highest BCUT2D eigenvalue weighted by molar-refractivity contribution is 8.00. The lowest BCUT2D eigenvalue weighted by molar-refractivity contribution is 0.415. The molecule has 0 unspecified atom stereocenters. The number of ether oxygens (including phenoxy) is 1. The topological polar surface area (TPSA) is 98.8 Å². The SMILES string of the molecule is COc1ccc(Nc2nnc(SCc3nc(N)c4ccccc4n3)s2)cc1. The molecule has 2 aromatic carbocycles. The number of benzene rings is 2. The zero-order valence-electron chi connectivity index (χ0n) is 14.4. The van der Waals surface area contributed by atoms with Crippen LogP contribution in [0.15, 0.2) is 52.9 Å². The number of hydrogen-bond donors (Lipinski definition) is 2. The molecule has 9 heteroatoms. The van der Waals surface area contributed by atoms with Crippen molar-refractivity contribution < 1.29 is 4.74 Å². The molecule has 0 radical (unpaired) electrons. The molecular formula is C18H16N6OS2. The number of para-hydroxylation sites is 1. The Labute approximate surface area is 164 Å². The minimum atomic E-state index is 0.496. The molecule has 0 aliphatic heterocycles. The molecule has 0 aliphatic rings. The van der Waals surface area contributed by atoms with Crippen LogP contribution < -0.4 is 15.8 Å². The normalized spacial score (nSPS) is 10.9. The molecule has 27 heavy (non-hydrogen) atoms. The van der Waals surface area contributed by atoms with E-state index in [4.69, 9.17) is 10.5 Å². The van der Waals surface area contributed by atoms with Crippen molar-refractivity contribution in [3.8, 4) is 5.75 Å². The van der Waals surface area contributed by atoms with Crippen molar-refractivity contribution >= 4 is 50.6 Å². The molecule has 3 N–H and O–H groups in total. The molecule has 4 aromatic rings. The summed E-state index contributed by atoms with van der Waals surface area (Å²) in [4.78, 5) is 8.94. The van der Waals surface area contributed by atoms with Gasteiger partial charge in [-0.05, 0) is 36.4 Å². The van der Waals surface area contributed by atoms with Gasteiger partial charge in [-0.3, -0.25) is 0 Å². The van der Waals surface area contributed by atoms with E-state index in [-0.39, 0.29) is 0 Å². The van der Waals surface area contributed by atoms with Gasteiger partial charge in [-0.1, -0.05) is 35.2 Å². The predicted molar refractivity (Wildman–Crippen MR) is 110 cm³/mol. The summed E-state index contributed by atoms with van der Waals surface area (Å²) in [6.45, 7) is 0. The monoisotopic (exact) mass is 396 g/mol. The van der Waals surface area contributed by atoms with E-state index in [9.17, 15) is 0 Å². The lowest BCUT2D eigenvalue weighted by Gasteiger charge is -2.04. The number of aromatic nitrogens is 4. The molecule has 0 fully saturated rings. The third-order valence-electron chi connectivity index (χ3n) is 3.75. The van der Waals surface area contributed by atoms with Crippen LogP contribution in [-0.4, -0.2) is 27.3 Å². The minimum absolute atomic E-state index is 0.496. The van der Waals surface area contributed by atoms with Crippen molar-refractivity contribution in [3.63, 3.8) is 0 Å². The molecule has 0 spiro atoms. The zero-order valence-corrected chi connectivity index (χ0v) is 16.0. The first kappa shape index (κ1) is 17.5. The number of methoxy groups -OCH3 is 1. The Kier molecular flexibility index (Phi) is 5.03. The molecule has 7 nitrogen and oxygen atoms in total. The van der Waals surface area contributed by atoms with Gasteiger partial charge in [0.25, 0.3) is 0 Å². The van der Waals surface area contributed by atoms with Crippen LogP contribution in [0.25, 0.3) is 10.9 Å². The van der Waals surface area contributed by atoms with E-state index in [0.717, 1.165) is 31.8 Å². The quantitative estimate of drug-likeness (QED) is 0.470. The lowest BCUT2D eigenvalue weighted by atomic mass is 10.2. The van der Waals surface area contributed by atoms with Gasteiger partial charge < -0.3 is 15.8 Å². The molecular weight excluding hydrogens is 380 g/mol. The summed E-state index contributed by atoms with van der Waals surface area (Å²) in [7, 11) is 1.64. The second-order valence-corrected chi connectivity index (χ2v) is 7.76. The summed E-state index contributed by atoms with van der Waals surface area (Å²) >= 11 is 3.01. The molecule has 0 saturated heterocycles. The van der Waals surface area contributed by atoms with Crippen LogP contribution in [0.3, 0.4) is 0 Å². The van der Waals surface area contributed by atoms with Crippen molar-refractivity contribution in [1.29, 1.82) is 0 Å². The molecule has 0 saturated carbocycles. The van der Waals surface area contributed by atoms with Gasteiger partial charge in [0.05, 0.1) is 18.4 Å². The number of fused-ring (bicyclic) bond motifs is 1. The first-order valence-corrected chi connectivity index (χ1v) is 9.90. The first-order valence-electron chi connectivity index (χ1n) is 8.10. The number of anilines is 3. The van der Waals surface area contributed by atoms with Crippen molar-refractivity contribution in [1.82, 2.24) is 20.2 Å². The van der Waals surface area contributed by atoms with Gasteiger partial charge in [-0.2, -0.15) is 0 Å². The number of hydrogen-bond acceptors (Lipinski definition) is 9. The van der Waals surface area contributed by atoms with Crippen LogP contribution in [-0.2, 0) is 5.75 Å². The summed E-state index contributed by atoms with van der Waals surface area (Å²) in [5.41, 5.74) is 7.80. The van der Waals surface area contributed by atoms with Crippen molar-refractivity contribution in [3.05, 3.63) is 54.4 Å². The standard InChI is InChI=1S/C18H16N6OS2/c1-25-12-8-6-11(7-9-12)20-17-23-24-18(27-17)26-10-15-21-14-5-3-2-4-13(14)16(19)22-15/h2-9H,10H2,1H3,(H,20,23)(H2,19,21,22). The van der Waals surface area contributed by atoms with Crippen molar-refractivity contribution in [2.45, 2.75) is 10.1 Å². The van der Waals surface area contributed by atoms with E-state index in [1.165, 1.54) is 23.1 Å². The van der Waals surface area contributed by atoms with Crippen molar-refractivity contribution in [2.75, 3.05) is 18.2 Å². The molecule has 0 aliphatic carbocycles. The highest BCUT2D eigenvalue weighted by Crippen LogP contribution is 2.30. The van der Waals surface area contributed by atoms with Gasteiger partial charge in [0.2, 0.25) is 5.13 Å². The smallest absolute Gasteiger partial charge is 0.210 e. The first-order chi connectivity index (χ1) is 13.2. The third kappa shape index (κ3) is 4.09. The fourth-order valence-electron chi connectivity index (χ4n) is 2.46. The largest absolute Gasteiger partial charge is 0.497 e. The maximum atomic E-state index is 6.03. The van der Waals surface area contributed by atoms with E-state index >= 15 is 0 Å². The van der Waals surface area contributed by atoms with Gasteiger partial charge in [-0.25, -0.2) is 9.97 Å². The second-order valence-electron chi connectivity index (χ2n) is 5.56. The Balaban J connectivity index is 1.42. The number of thioether (sulfide) groups is 1. The number of nitrogens with one attached hydrogen (secondary N) is 1. The minimum Gasteiger partial charge on any atom is -0.497 e.